The van der Waals surface area contributed by atoms with E-state index in [9.17, 15) is 8.78 Å². The average molecular weight is 359 g/mol. The summed E-state index contributed by atoms with van der Waals surface area (Å²) in [7, 11) is 0. The molecule has 0 saturated heterocycles. The molecule has 0 heterocycles. The first-order valence-corrected chi connectivity index (χ1v) is 10.1. The number of hydrogen-bond donors (Lipinski definition) is 0. The van der Waals surface area contributed by atoms with Gasteiger partial charge in [0.15, 0.2) is 11.6 Å². The van der Waals surface area contributed by atoms with Crippen molar-refractivity contribution < 1.29 is 8.78 Å². The van der Waals surface area contributed by atoms with E-state index in [1.807, 2.05) is 13.0 Å². The predicted molar refractivity (Wildman–Crippen MR) is 108 cm³/mol. The Hall–Kier alpha value is -1.70. The van der Waals surface area contributed by atoms with E-state index in [0.717, 1.165) is 56.9 Å². The van der Waals surface area contributed by atoms with Crippen molar-refractivity contribution in [3.05, 3.63) is 65.3 Å². The molecule has 0 N–H and O–H groups in total. The Labute approximate surface area is 157 Å². The fraction of sp³-hybridized carbons (Fsp3) is 0.500. The van der Waals surface area contributed by atoms with E-state index in [1.54, 1.807) is 12.1 Å². The SMILES string of the molecule is CC=CCCCCc1ccc(C2=CCC(C=CCCC)CC2)c(F)c1F. The molecule has 26 heavy (non-hydrogen) atoms. The zero-order valence-electron chi connectivity index (χ0n) is 16.2. The fourth-order valence-corrected chi connectivity index (χ4v) is 3.50. The normalized spacial score (nSPS) is 18.0. The van der Waals surface area contributed by atoms with E-state index in [1.165, 1.54) is 0 Å². The summed E-state index contributed by atoms with van der Waals surface area (Å²) in [5.41, 5.74) is 1.92. The highest BCUT2D eigenvalue weighted by molar-refractivity contribution is 5.67. The fourth-order valence-electron chi connectivity index (χ4n) is 3.50. The summed E-state index contributed by atoms with van der Waals surface area (Å²) < 4.78 is 29.0. The number of unbranched alkanes of at least 4 members (excludes halogenated alkanes) is 3. The van der Waals surface area contributed by atoms with Crippen LogP contribution in [0.2, 0.25) is 0 Å². The van der Waals surface area contributed by atoms with Crippen LogP contribution in [0.15, 0.2) is 42.5 Å². The van der Waals surface area contributed by atoms with Crippen molar-refractivity contribution in [2.45, 2.75) is 71.6 Å². The van der Waals surface area contributed by atoms with Crippen molar-refractivity contribution >= 4 is 5.57 Å². The van der Waals surface area contributed by atoms with Crippen LogP contribution in [0, 0.1) is 17.6 Å². The molecule has 0 spiro atoms. The Morgan fingerprint density at radius 3 is 2.62 bits per heavy atom. The summed E-state index contributed by atoms with van der Waals surface area (Å²) in [5.74, 6) is -0.781. The Kier molecular flexibility index (Phi) is 8.80. The van der Waals surface area contributed by atoms with Gasteiger partial charge >= 0.3 is 0 Å². The van der Waals surface area contributed by atoms with Crippen LogP contribution in [0.4, 0.5) is 8.78 Å². The van der Waals surface area contributed by atoms with Crippen LogP contribution in [0.25, 0.3) is 5.57 Å². The van der Waals surface area contributed by atoms with Gasteiger partial charge in [-0.05, 0) is 75.3 Å². The Balaban J connectivity index is 1.99. The first-order valence-electron chi connectivity index (χ1n) is 10.1. The Morgan fingerprint density at radius 1 is 1.08 bits per heavy atom. The molecule has 0 aliphatic heterocycles. The molecule has 1 aromatic carbocycles. The minimum atomic E-state index is -0.665. The van der Waals surface area contributed by atoms with Crippen LogP contribution in [0.5, 0.6) is 0 Å². The second-order valence-electron chi connectivity index (χ2n) is 7.20. The highest BCUT2D eigenvalue weighted by Crippen LogP contribution is 2.33. The molecule has 0 saturated carbocycles. The van der Waals surface area contributed by atoms with E-state index in [2.05, 4.69) is 31.2 Å². The van der Waals surface area contributed by atoms with Gasteiger partial charge in [0, 0.05) is 5.56 Å². The summed E-state index contributed by atoms with van der Waals surface area (Å²) in [6.07, 6.45) is 19.3. The number of hydrogen-bond acceptors (Lipinski definition) is 0. The minimum Gasteiger partial charge on any atom is -0.203 e. The topological polar surface area (TPSA) is 0 Å². The highest BCUT2D eigenvalue weighted by atomic mass is 19.2. The molecule has 1 unspecified atom stereocenters. The van der Waals surface area contributed by atoms with Gasteiger partial charge in [0.25, 0.3) is 0 Å². The van der Waals surface area contributed by atoms with Crippen molar-refractivity contribution in [2.24, 2.45) is 5.92 Å². The molecule has 1 aromatic rings. The summed E-state index contributed by atoms with van der Waals surface area (Å²) >= 11 is 0. The number of allylic oxidation sites excluding steroid dienone is 6. The molecular weight excluding hydrogens is 326 g/mol. The summed E-state index contributed by atoms with van der Waals surface area (Å²) in [6, 6.07) is 3.55. The first kappa shape index (κ1) is 20.6. The molecule has 1 aliphatic carbocycles. The highest BCUT2D eigenvalue weighted by Gasteiger charge is 2.19. The zero-order valence-corrected chi connectivity index (χ0v) is 16.2. The van der Waals surface area contributed by atoms with E-state index < -0.39 is 11.6 Å². The van der Waals surface area contributed by atoms with Crippen molar-refractivity contribution in [3.8, 4) is 0 Å². The van der Waals surface area contributed by atoms with Gasteiger partial charge in [-0.3, -0.25) is 0 Å². The second-order valence-corrected chi connectivity index (χ2v) is 7.20. The van der Waals surface area contributed by atoms with Gasteiger partial charge < -0.3 is 0 Å². The summed E-state index contributed by atoms with van der Waals surface area (Å²) in [6.45, 7) is 4.17. The average Bonchev–Trinajstić information content (AvgIpc) is 2.66. The zero-order chi connectivity index (χ0) is 18.8. The molecule has 0 nitrogen and oxygen atoms in total. The van der Waals surface area contributed by atoms with Crippen molar-refractivity contribution in [3.63, 3.8) is 0 Å². The van der Waals surface area contributed by atoms with Crippen LogP contribution in [-0.2, 0) is 6.42 Å². The number of benzene rings is 1. The van der Waals surface area contributed by atoms with Crippen LogP contribution in [0.3, 0.4) is 0 Å². The minimum absolute atomic E-state index is 0.455. The van der Waals surface area contributed by atoms with Crippen molar-refractivity contribution in [2.75, 3.05) is 0 Å². The monoisotopic (exact) mass is 358 g/mol. The first-order chi connectivity index (χ1) is 12.7. The molecule has 1 aliphatic rings. The van der Waals surface area contributed by atoms with Crippen LogP contribution in [0.1, 0.15) is 76.3 Å². The van der Waals surface area contributed by atoms with Crippen LogP contribution in [-0.4, -0.2) is 0 Å². The molecule has 0 bridgehead atoms. The molecule has 1 atom stereocenters. The number of aryl methyl sites for hydroxylation is 1. The molecule has 0 radical (unpaired) electrons. The number of halogens is 2. The van der Waals surface area contributed by atoms with Crippen LogP contribution >= 0.6 is 0 Å². The number of rotatable bonds is 9. The van der Waals surface area contributed by atoms with Gasteiger partial charge in [0.1, 0.15) is 0 Å². The maximum Gasteiger partial charge on any atom is 0.166 e. The van der Waals surface area contributed by atoms with Gasteiger partial charge in [-0.25, -0.2) is 8.78 Å². The van der Waals surface area contributed by atoms with Crippen molar-refractivity contribution in [1.29, 1.82) is 0 Å². The molecule has 2 rings (SSSR count). The lowest BCUT2D eigenvalue weighted by Crippen LogP contribution is -2.06. The van der Waals surface area contributed by atoms with Gasteiger partial charge in [-0.2, -0.15) is 0 Å². The second kappa shape index (κ2) is 11.1. The van der Waals surface area contributed by atoms with E-state index in [4.69, 9.17) is 0 Å². The van der Waals surface area contributed by atoms with Gasteiger partial charge in [0.05, 0.1) is 0 Å². The molecule has 0 aromatic heterocycles. The largest absolute Gasteiger partial charge is 0.203 e. The molecule has 2 heteroatoms. The molecule has 142 valence electrons. The maximum absolute atomic E-state index is 14.6. The van der Waals surface area contributed by atoms with E-state index in [0.29, 0.717) is 23.5 Å². The quantitative estimate of drug-likeness (QED) is 0.312. The van der Waals surface area contributed by atoms with Crippen molar-refractivity contribution in [1.82, 2.24) is 0 Å². The third-order valence-electron chi connectivity index (χ3n) is 5.13. The van der Waals surface area contributed by atoms with Gasteiger partial charge in [-0.15, -0.1) is 0 Å². The Bertz CT molecular complexity index is 652. The molecular formula is C24H32F2. The third-order valence-corrected chi connectivity index (χ3v) is 5.13. The Morgan fingerprint density at radius 2 is 1.92 bits per heavy atom. The van der Waals surface area contributed by atoms with Crippen LogP contribution < -0.4 is 0 Å². The summed E-state index contributed by atoms with van der Waals surface area (Å²) in [4.78, 5) is 0. The maximum atomic E-state index is 14.6. The summed E-state index contributed by atoms with van der Waals surface area (Å²) in [5, 5.41) is 0. The lowest BCUT2D eigenvalue weighted by atomic mass is 9.85. The lowest BCUT2D eigenvalue weighted by molar-refractivity contribution is 0.492. The lowest BCUT2D eigenvalue weighted by Gasteiger charge is -2.20. The van der Waals surface area contributed by atoms with E-state index >= 15 is 0 Å². The smallest absolute Gasteiger partial charge is 0.166 e. The predicted octanol–water partition coefficient (Wildman–Crippen LogP) is 7.79. The third kappa shape index (κ3) is 5.93. The molecule has 0 amide bonds. The van der Waals surface area contributed by atoms with Gasteiger partial charge in [0.2, 0.25) is 0 Å². The van der Waals surface area contributed by atoms with Gasteiger partial charge in [-0.1, -0.05) is 55.9 Å². The van der Waals surface area contributed by atoms with E-state index in [-0.39, 0.29) is 0 Å². The molecule has 0 fully saturated rings. The standard InChI is InChI=1S/C24H32F2/c1-3-5-7-8-10-12-21-17-18-22(24(26)23(21)25)20-15-13-19(14-16-20)11-9-6-4-2/h3,5,9,11,15,17-19H,4,6-8,10,12-14,16H2,1-2H3.